The van der Waals surface area contributed by atoms with Gasteiger partial charge in [-0.3, -0.25) is 4.79 Å². The summed E-state index contributed by atoms with van der Waals surface area (Å²) in [5.74, 6) is 1.81. The van der Waals surface area contributed by atoms with Crippen molar-refractivity contribution in [1.29, 1.82) is 0 Å². The fraction of sp³-hybridized carbons (Fsp3) is 0.444. The number of carbonyl (C=O) groups excluding carboxylic acids is 1. The molecule has 6 nitrogen and oxygen atoms in total. The number of carbonyl (C=O) groups is 1. The van der Waals surface area contributed by atoms with Crippen molar-refractivity contribution in [3.8, 4) is 5.75 Å². The van der Waals surface area contributed by atoms with Crippen LogP contribution < -0.4 is 10.1 Å². The summed E-state index contributed by atoms with van der Waals surface area (Å²) in [7, 11) is 1.63. The van der Waals surface area contributed by atoms with E-state index in [1.54, 1.807) is 7.11 Å². The van der Waals surface area contributed by atoms with Gasteiger partial charge in [-0.1, -0.05) is 12.1 Å². The standard InChI is InChI=1S/C18H23N3O3/c1-13-9-21-10-15(6-7-17(21)19-13)20-18(22)12-24-11-14-4-3-5-16(8-14)23-2/h3-5,8-9,15H,6-7,10-12H2,1-2H3,(H,20,22)/t15-/m0/s1. The number of hydrogen-bond acceptors (Lipinski definition) is 4. The molecule has 1 N–H and O–H groups in total. The third-order valence-corrected chi connectivity index (χ3v) is 4.11. The topological polar surface area (TPSA) is 65.4 Å². The zero-order valence-corrected chi connectivity index (χ0v) is 14.1. The summed E-state index contributed by atoms with van der Waals surface area (Å²) in [5, 5.41) is 3.04. The first-order chi connectivity index (χ1) is 11.6. The average molecular weight is 329 g/mol. The number of nitrogens with zero attached hydrogens (tertiary/aromatic N) is 2. The van der Waals surface area contributed by atoms with Gasteiger partial charge in [-0.2, -0.15) is 0 Å². The maximum absolute atomic E-state index is 12.1. The summed E-state index contributed by atoms with van der Waals surface area (Å²) in [6.45, 7) is 3.22. The summed E-state index contributed by atoms with van der Waals surface area (Å²) < 4.78 is 12.8. The van der Waals surface area contributed by atoms with E-state index in [2.05, 4.69) is 14.9 Å². The molecule has 1 atom stereocenters. The number of methoxy groups -OCH3 is 1. The highest BCUT2D eigenvalue weighted by Crippen LogP contribution is 2.15. The van der Waals surface area contributed by atoms with E-state index in [1.807, 2.05) is 37.4 Å². The van der Waals surface area contributed by atoms with Crippen LogP contribution in [0.2, 0.25) is 0 Å². The molecule has 1 aliphatic heterocycles. The van der Waals surface area contributed by atoms with Gasteiger partial charge in [0.1, 0.15) is 18.2 Å². The number of aromatic nitrogens is 2. The summed E-state index contributed by atoms with van der Waals surface area (Å²) in [6, 6.07) is 7.78. The van der Waals surface area contributed by atoms with Gasteiger partial charge in [0.05, 0.1) is 19.4 Å². The zero-order chi connectivity index (χ0) is 16.9. The SMILES string of the molecule is COc1cccc(COCC(=O)N[C@H]2CCc3nc(C)cn3C2)c1. The maximum Gasteiger partial charge on any atom is 0.246 e. The van der Waals surface area contributed by atoms with Gasteiger partial charge in [-0.25, -0.2) is 4.98 Å². The van der Waals surface area contributed by atoms with Crippen molar-refractivity contribution in [1.82, 2.24) is 14.9 Å². The molecular formula is C18H23N3O3. The first-order valence-electron chi connectivity index (χ1n) is 8.16. The summed E-state index contributed by atoms with van der Waals surface area (Å²) in [6.07, 6.45) is 3.84. The van der Waals surface area contributed by atoms with E-state index in [-0.39, 0.29) is 18.6 Å². The van der Waals surface area contributed by atoms with Crippen LogP contribution in [0.3, 0.4) is 0 Å². The quantitative estimate of drug-likeness (QED) is 0.878. The predicted molar refractivity (Wildman–Crippen MR) is 89.9 cm³/mol. The lowest BCUT2D eigenvalue weighted by molar-refractivity contribution is -0.127. The largest absolute Gasteiger partial charge is 0.497 e. The lowest BCUT2D eigenvalue weighted by atomic mass is 10.1. The van der Waals surface area contributed by atoms with Crippen LogP contribution in [-0.4, -0.2) is 35.2 Å². The minimum Gasteiger partial charge on any atom is -0.497 e. The highest BCUT2D eigenvalue weighted by atomic mass is 16.5. The lowest BCUT2D eigenvalue weighted by Crippen LogP contribution is -2.42. The van der Waals surface area contributed by atoms with Crippen molar-refractivity contribution in [3.63, 3.8) is 0 Å². The van der Waals surface area contributed by atoms with Gasteiger partial charge in [0, 0.05) is 25.2 Å². The summed E-state index contributed by atoms with van der Waals surface area (Å²) in [5.41, 5.74) is 2.01. The summed E-state index contributed by atoms with van der Waals surface area (Å²) >= 11 is 0. The van der Waals surface area contributed by atoms with Crippen LogP contribution >= 0.6 is 0 Å². The van der Waals surface area contributed by atoms with Crippen LogP contribution in [0.4, 0.5) is 0 Å². The third-order valence-electron chi connectivity index (χ3n) is 4.11. The number of aryl methyl sites for hydroxylation is 2. The number of rotatable bonds is 6. The van der Waals surface area contributed by atoms with Crippen LogP contribution in [-0.2, 0) is 29.1 Å². The molecule has 1 aromatic carbocycles. The third kappa shape index (κ3) is 4.14. The molecule has 2 heterocycles. The highest BCUT2D eigenvalue weighted by molar-refractivity contribution is 5.77. The van der Waals surface area contributed by atoms with Crippen molar-refractivity contribution in [2.75, 3.05) is 13.7 Å². The fourth-order valence-corrected chi connectivity index (χ4v) is 3.00. The molecular weight excluding hydrogens is 306 g/mol. The van der Waals surface area contributed by atoms with Crippen LogP contribution in [0, 0.1) is 6.92 Å². The van der Waals surface area contributed by atoms with E-state index < -0.39 is 0 Å². The Balaban J connectivity index is 1.43. The van der Waals surface area contributed by atoms with Crippen molar-refractivity contribution in [2.24, 2.45) is 0 Å². The molecule has 0 bridgehead atoms. The second-order valence-electron chi connectivity index (χ2n) is 6.10. The smallest absolute Gasteiger partial charge is 0.246 e. The number of ether oxygens (including phenoxy) is 2. The number of hydrogen-bond donors (Lipinski definition) is 1. The van der Waals surface area contributed by atoms with Crippen LogP contribution in [0.1, 0.15) is 23.5 Å². The fourth-order valence-electron chi connectivity index (χ4n) is 3.00. The molecule has 0 saturated carbocycles. The Labute approximate surface area is 141 Å². The van der Waals surface area contributed by atoms with Crippen LogP contribution in [0.25, 0.3) is 0 Å². The van der Waals surface area contributed by atoms with Gasteiger partial charge in [0.25, 0.3) is 0 Å². The van der Waals surface area contributed by atoms with E-state index >= 15 is 0 Å². The Morgan fingerprint density at radius 3 is 3.17 bits per heavy atom. The van der Waals surface area contributed by atoms with E-state index in [0.29, 0.717) is 6.61 Å². The van der Waals surface area contributed by atoms with E-state index in [0.717, 1.165) is 42.2 Å². The maximum atomic E-state index is 12.1. The van der Waals surface area contributed by atoms with Crippen molar-refractivity contribution in [2.45, 2.75) is 39.0 Å². The van der Waals surface area contributed by atoms with Crippen molar-refractivity contribution < 1.29 is 14.3 Å². The Hall–Kier alpha value is -2.34. The molecule has 2 aromatic rings. The van der Waals surface area contributed by atoms with E-state index in [4.69, 9.17) is 9.47 Å². The average Bonchev–Trinajstić information content (AvgIpc) is 2.94. The monoisotopic (exact) mass is 329 g/mol. The first-order valence-corrected chi connectivity index (χ1v) is 8.16. The molecule has 1 amide bonds. The molecule has 0 fully saturated rings. The molecule has 0 spiro atoms. The molecule has 24 heavy (non-hydrogen) atoms. The molecule has 0 saturated heterocycles. The van der Waals surface area contributed by atoms with Gasteiger partial charge < -0.3 is 19.4 Å². The molecule has 0 radical (unpaired) electrons. The van der Waals surface area contributed by atoms with Crippen LogP contribution in [0.5, 0.6) is 5.75 Å². The molecule has 0 unspecified atom stereocenters. The van der Waals surface area contributed by atoms with Gasteiger partial charge in [-0.05, 0) is 31.0 Å². The van der Waals surface area contributed by atoms with Gasteiger partial charge >= 0.3 is 0 Å². The van der Waals surface area contributed by atoms with Crippen molar-refractivity contribution >= 4 is 5.91 Å². The molecule has 128 valence electrons. The Kier molecular flexibility index (Phi) is 5.15. The zero-order valence-electron chi connectivity index (χ0n) is 14.1. The van der Waals surface area contributed by atoms with Crippen molar-refractivity contribution in [3.05, 3.63) is 47.5 Å². The summed E-state index contributed by atoms with van der Waals surface area (Å²) in [4.78, 5) is 16.5. The molecule has 6 heteroatoms. The van der Waals surface area contributed by atoms with Gasteiger partial charge in [0.2, 0.25) is 5.91 Å². The number of fused-ring (bicyclic) bond motifs is 1. The normalized spacial score (nSPS) is 16.5. The molecule has 0 aliphatic carbocycles. The highest BCUT2D eigenvalue weighted by Gasteiger charge is 2.21. The Morgan fingerprint density at radius 1 is 1.46 bits per heavy atom. The Morgan fingerprint density at radius 2 is 2.33 bits per heavy atom. The van der Waals surface area contributed by atoms with Gasteiger partial charge in [-0.15, -0.1) is 0 Å². The number of amides is 1. The molecule has 3 rings (SSSR count). The molecule has 1 aromatic heterocycles. The van der Waals surface area contributed by atoms with E-state index in [1.165, 1.54) is 0 Å². The number of imidazole rings is 1. The molecule has 1 aliphatic rings. The Bertz CT molecular complexity index is 711. The minimum absolute atomic E-state index is 0.0591. The predicted octanol–water partition coefficient (Wildman–Crippen LogP) is 1.85. The number of benzene rings is 1. The second-order valence-corrected chi connectivity index (χ2v) is 6.10. The number of nitrogens with one attached hydrogen (secondary N) is 1. The first kappa shape index (κ1) is 16.5. The second kappa shape index (κ2) is 7.49. The van der Waals surface area contributed by atoms with Gasteiger partial charge in [0.15, 0.2) is 0 Å². The van der Waals surface area contributed by atoms with Crippen LogP contribution in [0.15, 0.2) is 30.5 Å². The minimum atomic E-state index is -0.0804. The lowest BCUT2D eigenvalue weighted by Gasteiger charge is -2.24. The van der Waals surface area contributed by atoms with E-state index in [9.17, 15) is 4.79 Å².